The molecule has 1 N–H and O–H groups in total. The number of thiophene rings is 1. The highest BCUT2D eigenvalue weighted by Gasteiger charge is 2.36. The molecule has 0 spiro atoms. The average Bonchev–Trinajstić information content (AvgIpc) is 3.12. The van der Waals surface area contributed by atoms with Gasteiger partial charge in [0.05, 0.1) is 5.39 Å². The lowest BCUT2D eigenvalue weighted by molar-refractivity contribution is -0.129. The second kappa shape index (κ2) is 4.84. The van der Waals surface area contributed by atoms with Crippen molar-refractivity contribution >= 4 is 39.2 Å². The Kier molecular flexibility index (Phi) is 2.95. The first-order valence-electron chi connectivity index (χ1n) is 7.23. The molecule has 0 radical (unpaired) electrons. The first-order valence-corrected chi connectivity index (χ1v) is 8.11. The highest BCUT2D eigenvalue weighted by molar-refractivity contribution is 7.16. The Balaban J connectivity index is 1.70. The van der Waals surface area contributed by atoms with Gasteiger partial charge in [-0.3, -0.25) is 4.79 Å². The number of carbonyl (C=O) groups is 1. The standard InChI is InChI=1S/C14H17N5OS/c1-15-14-16-12(10-4-7-21-13(10)17-14)18-5-6-19-9(8-18)2-3-11(19)20/h4,7,9H,2-3,5-6,8H2,1H3,(H,15,16,17). The molecular formula is C14H17N5OS. The largest absolute Gasteiger partial charge is 0.357 e. The predicted octanol–water partition coefficient (Wildman–Crippen LogP) is 1.54. The van der Waals surface area contributed by atoms with E-state index in [4.69, 9.17) is 0 Å². The van der Waals surface area contributed by atoms with E-state index in [0.29, 0.717) is 24.3 Å². The molecule has 0 aliphatic carbocycles. The molecular weight excluding hydrogens is 286 g/mol. The van der Waals surface area contributed by atoms with E-state index in [2.05, 4.69) is 31.6 Å². The van der Waals surface area contributed by atoms with Crippen molar-refractivity contribution in [3.05, 3.63) is 11.4 Å². The summed E-state index contributed by atoms with van der Waals surface area (Å²) in [5.41, 5.74) is 0. The van der Waals surface area contributed by atoms with E-state index in [1.54, 1.807) is 11.3 Å². The van der Waals surface area contributed by atoms with Crippen molar-refractivity contribution in [2.45, 2.75) is 18.9 Å². The van der Waals surface area contributed by atoms with Crippen molar-refractivity contribution in [3.8, 4) is 0 Å². The van der Waals surface area contributed by atoms with E-state index in [9.17, 15) is 4.79 Å². The van der Waals surface area contributed by atoms with Gasteiger partial charge < -0.3 is 15.1 Å². The number of fused-ring (bicyclic) bond motifs is 2. The van der Waals surface area contributed by atoms with E-state index in [0.717, 1.165) is 42.1 Å². The maximum Gasteiger partial charge on any atom is 0.225 e. The Bertz CT molecular complexity index is 700. The Labute approximate surface area is 126 Å². The molecule has 1 unspecified atom stereocenters. The number of nitrogens with one attached hydrogen (secondary N) is 1. The zero-order valence-electron chi connectivity index (χ0n) is 11.9. The minimum Gasteiger partial charge on any atom is -0.357 e. The number of hydrogen-bond acceptors (Lipinski definition) is 6. The van der Waals surface area contributed by atoms with Crippen LogP contribution in [-0.4, -0.2) is 53.5 Å². The molecule has 1 atom stereocenters. The van der Waals surface area contributed by atoms with Crippen molar-refractivity contribution in [1.29, 1.82) is 0 Å². The Hall–Kier alpha value is -1.89. The van der Waals surface area contributed by atoms with Gasteiger partial charge in [0.2, 0.25) is 11.9 Å². The normalized spacial score (nSPS) is 22.0. The smallest absolute Gasteiger partial charge is 0.225 e. The average molecular weight is 303 g/mol. The number of aromatic nitrogens is 2. The maximum atomic E-state index is 11.8. The van der Waals surface area contributed by atoms with Crippen LogP contribution >= 0.6 is 11.3 Å². The molecule has 7 heteroatoms. The fourth-order valence-corrected chi connectivity index (χ4v) is 4.01. The second-order valence-electron chi connectivity index (χ2n) is 5.49. The topological polar surface area (TPSA) is 61.4 Å². The van der Waals surface area contributed by atoms with Crippen LogP contribution in [0.3, 0.4) is 0 Å². The highest BCUT2D eigenvalue weighted by atomic mass is 32.1. The van der Waals surface area contributed by atoms with E-state index < -0.39 is 0 Å². The SMILES string of the molecule is CNc1nc(N2CCN3C(=O)CCC3C2)c2ccsc2n1. The summed E-state index contributed by atoms with van der Waals surface area (Å²) in [6.07, 6.45) is 1.66. The molecule has 110 valence electrons. The Morgan fingerprint density at radius 3 is 3.14 bits per heavy atom. The van der Waals surface area contributed by atoms with Gasteiger partial charge >= 0.3 is 0 Å². The van der Waals surface area contributed by atoms with Crippen LogP contribution in [0, 0.1) is 0 Å². The summed E-state index contributed by atoms with van der Waals surface area (Å²) in [5, 5.41) is 6.20. The molecule has 21 heavy (non-hydrogen) atoms. The molecule has 2 saturated heterocycles. The van der Waals surface area contributed by atoms with E-state index in [1.165, 1.54) is 0 Å². The summed E-state index contributed by atoms with van der Waals surface area (Å²) in [7, 11) is 1.84. The molecule has 2 aliphatic rings. The van der Waals surface area contributed by atoms with Crippen LogP contribution in [0.2, 0.25) is 0 Å². The summed E-state index contributed by atoms with van der Waals surface area (Å²) in [6, 6.07) is 2.42. The molecule has 1 amide bonds. The van der Waals surface area contributed by atoms with Gasteiger partial charge in [-0.05, 0) is 17.9 Å². The molecule has 0 saturated carbocycles. The zero-order chi connectivity index (χ0) is 14.4. The molecule has 2 aromatic heterocycles. The van der Waals surface area contributed by atoms with Gasteiger partial charge in [0.1, 0.15) is 10.6 Å². The number of anilines is 2. The molecule has 0 aromatic carbocycles. The third-order valence-electron chi connectivity index (χ3n) is 4.32. The van der Waals surface area contributed by atoms with Gasteiger partial charge in [-0.25, -0.2) is 4.98 Å². The summed E-state index contributed by atoms with van der Waals surface area (Å²) < 4.78 is 0. The summed E-state index contributed by atoms with van der Waals surface area (Å²) >= 11 is 1.63. The van der Waals surface area contributed by atoms with Crippen LogP contribution in [0.5, 0.6) is 0 Å². The molecule has 4 rings (SSSR count). The van der Waals surface area contributed by atoms with Crippen LogP contribution < -0.4 is 10.2 Å². The molecule has 0 bridgehead atoms. The maximum absolute atomic E-state index is 11.8. The minimum atomic E-state index is 0.305. The first-order chi connectivity index (χ1) is 10.3. The van der Waals surface area contributed by atoms with E-state index >= 15 is 0 Å². The summed E-state index contributed by atoms with van der Waals surface area (Å²) in [6.45, 7) is 2.51. The second-order valence-corrected chi connectivity index (χ2v) is 6.38. The van der Waals surface area contributed by atoms with Gasteiger partial charge in [0, 0.05) is 39.1 Å². The monoisotopic (exact) mass is 303 g/mol. The lowest BCUT2D eigenvalue weighted by atomic mass is 10.1. The lowest BCUT2D eigenvalue weighted by Gasteiger charge is -2.38. The third kappa shape index (κ3) is 2.03. The van der Waals surface area contributed by atoms with Gasteiger partial charge in [-0.1, -0.05) is 0 Å². The van der Waals surface area contributed by atoms with Crippen molar-refractivity contribution < 1.29 is 4.79 Å². The number of hydrogen-bond donors (Lipinski definition) is 1. The van der Waals surface area contributed by atoms with Crippen LogP contribution in [0.25, 0.3) is 10.2 Å². The van der Waals surface area contributed by atoms with Crippen molar-refractivity contribution in [2.24, 2.45) is 0 Å². The van der Waals surface area contributed by atoms with Gasteiger partial charge in [-0.2, -0.15) is 4.98 Å². The van der Waals surface area contributed by atoms with Gasteiger partial charge in [-0.15, -0.1) is 11.3 Å². The Morgan fingerprint density at radius 2 is 2.29 bits per heavy atom. The van der Waals surface area contributed by atoms with Crippen molar-refractivity contribution in [1.82, 2.24) is 14.9 Å². The number of amides is 1. The first kappa shape index (κ1) is 12.8. The van der Waals surface area contributed by atoms with Crippen LogP contribution in [0.1, 0.15) is 12.8 Å². The summed E-state index contributed by atoms with van der Waals surface area (Å²) in [5.74, 6) is 1.95. The van der Waals surface area contributed by atoms with Gasteiger partial charge in [0.15, 0.2) is 0 Å². The predicted molar refractivity (Wildman–Crippen MR) is 83.9 cm³/mol. The molecule has 2 fully saturated rings. The number of rotatable bonds is 2. The zero-order valence-corrected chi connectivity index (χ0v) is 12.7. The van der Waals surface area contributed by atoms with Crippen molar-refractivity contribution in [2.75, 3.05) is 36.9 Å². The number of nitrogens with zero attached hydrogens (tertiary/aromatic N) is 4. The number of piperazine rings is 1. The lowest BCUT2D eigenvalue weighted by Crippen LogP contribution is -2.51. The van der Waals surface area contributed by atoms with E-state index in [-0.39, 0.29) is 0 Å². The minimum absolute atomic E-state index is 0.305. The molecule has 2 aliphatic heterocycles. The highest BCUT2D eigenvalue weighted by Crippen LogP contribution is 2.32. The Morgan fingerprint density at radius 1 is 1.38 bits per heavy atom. The van der Waals surface area contributed by atoms with Crippen molar-refractivity contribution in [3.63, 3.8) is 0 Å². The fraction of sp³-hybridized carbons (Fsp3) is 0.500. The quantitative estimate of drug-likeness (QED) is 0.912. The van der Waals surface area contributed by atoms with Crippen LogP contribution in [-0.2, 0) is 4.79 Å². The number of carbonyl (C=O) groups excluding carboxylic acids is 1. The fourth-order valence-electron chi connectivity index (χ4n) is 3.25. The molecule has 2 aromatic rings. The van der Waals surface area contributed by atoms with Crippen LogP contribution in [0.15, 0.2) is 11.4 Å². The van der Waals surface area contributed by atoms with E-state index in [1.807, 2.05) is 11.9 Å². The summed E-state index contributed by atoms with van der Waals surface area (Å²) in [4.78, 5) is 26.3. The third-order valence-corrected chi connectivity index (χ3v) is 5.13. The molecule has 6 nitrogen and oxygen atoms in total. The van der Waals surface area contributed by atoms with Gasteiger partial charge in [0.25, 0.3) is 0 Å². The van der Waals surface area contributed by atoms with Crippen LogP contribution in [0.4, 0.5) is 11.8 Å². The molecule has 4 heterocycles.